The minimum Gasteiger partial charge on any atom is -0.467 e. The Morgan fingerprint density at radius 3 is 3.17 bits per heavy atom. The molecule has 1 aliphatic heterocycles. The van der Waals surface area contributed by atoms with Gasteiger partial charge >= 0.3 is 0 Å². The normalized spacial score (nSPS) is 17.7. The minimum absolute atomic E-state index is 0.0407. The summed E-state index contributed by atoms with van der Waals surface area (Å²) in [5, 5.41) is 11.2. The van der Waals surface area contributed by atoms with Gasteiger partial charge in [0.15, 0.2) is 4.34 Å². The molecule has 23 heavy (non-hydrogen) atoms. The number of aromatic nitrogens is 2. The predicted molar refractivity (Wildman–Crippen MR) is 87.2 cm³/mol. The van der Waals surface area contributed by atoms with E-state index in [1.807, 2.05) is 13.0 Å². The van der Waals surface area contributed by atoms with Crippen LogP contribution in [0.1, 0.15) is 19.1 Å². The van der Waals surface area contributed by atoms with Gasteiger partial charge in [0.2, 0.25) is 16.9 Å². The van der Waals surface area contributed by atoms with E-state index in [1.54, 1.807) is 29.0 Å². The first-order valence-corrected chi connectivity index (χ1v) is 9.03. The fourth-order valence-corrected chi connectivity index (χ4v) is 3.99. The molecule has 0 spiro atoms. The second-order valence-electron chi connectivity index (χ2n) is 5.05. The van der Waals surface area contributed by atoms with Gasteiger partial charge in [0.05, 0.1) is 18.7 Å². The topological polar surface area (TPSA) is 88.3 Å². The highest BCUT2D eigenvalue weighted by atomic mass is 32.2. The summed E-state index contributed by atoms with van der Waals surface area (Å²) in [7, 11) is 0. The van der Waals surface area contributed by atoms with Crippen LogP contribution in [0.5, 0.6) is 0 Å². The zero-order valence-electron chi connectivity index (χ0n) is 12.5. The van der Waals surface area contributed by atoms with Gasteiger partial charge in [-0.05, 0) is 17.9 Å². The number of carbonyl (C=O) groups excluding carboxylic acids is 2. The number of nitrogens with zero attached hydrogens (tertiary/aromatic N) is 3. The van der Waals surface area contributed by atoms with Gasteiger partial charge in [0, 0.05) is 13.0 Å². The number of rotatable bonds is 6. The highest BCUT2D eigenvalue weighted by Crippen LogP contribution is 2.27. The Labute approximate surface area is 141 Å². The van der Waals surface area contributed by atoms with E-state index in [1.165, 1.54) is 11.3 Å². The van der Waals surface area contributed by atoms with Crippen molar-refractivity contribution in [2.75, 3.05) is 17.6 Å². The van der Waals surface area contributed by atoms with Crippen molar-refractivity contribution in [2.24, 2.45) is 5.92 Å². The van der Waals surface area contributed by atoms with Gasteiger partial charge in [-0.1, -0.05) is 30.0 Å². The molecule has 122 valence electrons. The maximum absolute atomic E-state index is 12.3. The summed E-state index contributed by atoms with van der Waals surface area (Å²) in [5.41, 5.74) is 0. The molecular formula is C14H16N4O3S2. The maximum atomic E-state index is 12.3. The monoisotopic (exact) mass is 352 g/mol. The van der Waals surface area contributed by atoms with Crippen LogP contribution in [-0.4, -0.2) is 39.2 Å². The Morgan fingerprint density at radius 1 is 1.57 bits per heavy atom. The third-order valence-corrected chi connectivity index (χ3v) is 5.27. The van der Waals surface area contributed by atoms with E-state index in [2.05, 4.69) is 15.5 Å². The zero-order valence-corrected chi connectivity index (χ0v) is 14.2. The van der Waals surface area contributed by atoms with E-state index >= 15 is 0 Å². The van der Waals surface area contributed by atoms with Crippen LogP contribution in [0, 0.1) is 5.92 Å². The predicted octanol–water partition coefficient (Wildman–Crippen LogP) is 2.23. The molecule has 2 amide bonds. The molecule has 3 rings (SSSR count). The van der Waals surface area contributed by atoms with Gasteiger partial charge in [-0.3, -0.25) is 9.59 Å². The van der Waals surface area contributed by atoms with Crippen LogP contribution in [-0.2, 0) is 16.1 Å². The van der Waals surface area contributed by atoms with E-state index in [0.29, 0.717) is 24.0 Å². The van der Waals surface area contributed by atoms with E-state index in [4.69, 9.17) is 4.42 Å². The van der Waals surface area contributed by atoms with Crippen molar-refractivity contribution < 1.29 is 14.0 Å². The number of nitrogens with one attached hydrogen (secondary N) is 1. The number of anilines is 1. The van der Waals surface area contributed by atoms with Gasteiger partial charge in [-0.15, -0.1) is 10.2 Å². The molecule has 9 heteroatoms. The lowest BCUT2D eigenvalue weighted by Crippen LogP contribution is -2.27. The van der Waals surface area contributed by atoms with Crippen molar-refractivity contribution in [1.82, 2.24) is 15.1 Å². The molecule has 0 saturated carbocycles. The van der Waals surface area contributed by atoms with Crippen molar-refractivity contribution in [1.29, 1.82) is 0 Å². The average Bonchev–Trinajstić information content (AvgIpc) is 3.24. The molecule has 3 heterocycles. The summed E-state index contributed by atoms with van der Waals surface area (Å²) >= 11 is 2.92. The van der Waals surface area contributed by atoms with Crippen LogP contribution in [0.25, 0.3) is 0 Å². The molecule has 7 nitrogen and oxygen atoms in total. The number of furan rings is 1. The Morgan fingerprint density at radius 2 is 2.43 bits per heavy atom. The van der Waals surface area contributed by atoms with Crippen molar-refractivity contribution in [2.45, 2.75) is 24.2 Å². The molecule has 0 bridgehead atoms. The molecule has 0 aromatic carbocycles. The lowest BCUT2D eigenvalue weighted by atomic mass is 10.1. The van der Waals surface area contributed by atoms with Gasteiger partial charge < -0.3 is 14.6 Å². The molecule has 0 aliphatic carbocycles. The Hall–Kier alpha value is -1.87. The Bertz CT molecular complexity index is 686. The second-order valence-corrected chi connectivity index (χ2v) is 7.54. The molecule has 0 radical (unpaired) electrons. The first-order chi connectivity index (χ1) is 11.2. The van der Waals surface area contributed by atoms with Crippen LogP contribution >= 0.6 is 23.1 Å². The lowest BCUT2D eigenvalue weighted by molar-refractivity contribution is -0.128. The summed E-state index contributed by atoms with van der Waals surface area (Å²) in [6.07, 6.45) is 1.78. The van der Waals surface area contributed by atoms with Crippen LogP contribution in [0.15, 0.2) is 27.2 Å². The third kappa shape index (κ3) is 3.91. The summed E-state index contributed by atoms with van der Waals surface area (Å²) < 4.78 is 6.07. The van der Waals surface area contributed by atoms with Crippen molar-refractivity contribution in [3.05, 3.63) is 24.2 Å². The van der Waals surface area contributed by atoms with E-state index in [0.717, 1.165) is 10.1 Å². The third-order valence-electron chi connectivity index (χ3n) is 3.42. The number of thioether (sulfide) groups is 1. The fourth-order valence-electron chi connectivity index (χ4n) is 2.34. The van der Waals surface area contributed by atoms with Crippen molar-refractivity contribution >= 4 is 40.0 Å². The van der Waals surface area contributed by atoms with Crippen molar-refractivity contribution in [3.63, 3.8) is 0 Å². The Kier molecular flexibility index (Phi) is 4.97. The van der Waals surface area contributed by atoms with Gasteiger partial charge in [0.25, 0.3) is 0 Å². The molecule has 1 fully saturated rings. The highest BCUT2D eigenvalue weighted by molar-refractivity contribution is 8.01. The lowest BCUT2D eigenvalue weighted by Gasteiger charge is -2.14. The minimum atomic E-state index is -0.372. The fraction of sp³-hybridized carbons (Fsp3) is 0.429. The molecule has 1 atom stereocenters. The summed E-state index contributed by atoms with van der Waals surface area (Å²) in [6.45, 7) is 2.81. The second kappa shape index (κ2) is 7.14. The molecule has 1 unspecified atom stereocenters. The van der Waals surface area contributed by atoms with Crippen LogP contribution in [0.3, 0.4) is 0 Å². The van der Waals surface area contributed by atoms with Gasteiger partial charge in [-0.2, -0.15) is 0 Å². The van der Waals surface area contributed by atoms with Gasteiger partial charge in [0.1, 0.15) is 5.76 Å². The van der Waals surface area contributed by atoms with Crippen molar-refractivity contribution in [3.8, 4) is 0 Å². The standard InChI is InChI=1S/C14H16N4O3S2/c1-2-22-14-17-16-13(23-14)15-12(20)9-6-11(19)18(7-9)8-10-4-3-5-21-10/h3-5,9H,2,6-8H2,1H3,(H,15,16,20). The molecule has 2 aromatic rings. The number of carbonyl (C=O) groups is 2. The molecule has 1 aliphatic rings. The smallest absolute Gasteiger partial charge is 0.231 e. The number of amides is 2. The number of hydrogen-bond acceptors (Lipinski definition) is 7. The molecule has 2 aromatic heterocycles. The van der Waals surface area contributed by atoms with Crippen LogP contribution < -0.4 is 5.32 Å². The van der Waals surface area contributed by atoms with E-state index in [-0.39, 0.29) is 24.2 Å². The summed E-state index contributed by atoms with van der Waals surface area (Å²) in [4.78, 5) is 26.0. The maximum Gasteiger partial charge on any atom is 0.231 e. The average molecular weight is 352 g/mol. The highest BCUT2D eigenvalue weighted by Gasteiger charge is 2.35. The largest absolute Gasteiger partial charge is 0.467 e. The summed E-state index contributed by atoms with van der Waals surface area (Å²) in [6, 6.07) is 3.59. The summed E-state index contributed by atoms with van der Waals surface area (Å²) in [5.74, 6) is 1.01. The Balaban J connectivity index is 1.56. The first-order valence-electron chi connectivity index (χ1n) is 7.23. The molecule has 1 N–H and O–H groups in total. The number of hydrogen-bond donors (Lipinski definition) is 1. The molecular weight excluding hydrogens is 336 g/mol. The quantitative estimate of drug-likeness (QED) is 0.633. The van der Waals surface area contributed by atoms with Gasteiger partial charge in [-0.25, -0.2) is 0 Å². The number of likely N-dealkylation sites (tertiary alicyclic amines) is 1. The first kappa shape index (κ1) is 16.0. The van der Waals surface area contributed by atoms with E-state index in [9.17, 15) is 9.59 Å². The van der Waals surface area contributed by atoms with Crippen LogP contribution in [0.2, 0.25) is 0 Å². The molecule has 1 saturated heterocycles. The SMILES string of the molecule is CCSc1nnc(NC(=O)C2CC(=O)N(Cc3ccco3)C2)s1. The van der Waals surface area contributed by atoms with Crippen LogP contribution in [0.4, 0.5) is 5.13 Å². The zero-order chi connectivity index (χ0) is 16.2. The van der Waals surface area contributed by atoms with E-state index < -0.39 is 0 Å².